The lowest BCUT2D eigenvalue weighted by Gasteiger charge is -2.12. The summed E-state index contributed by atoms with van der Waals surface area (Å²) >= 11 is 5.72. The van der Waals surface area contributed by atoms with Crippen molar-refractivity contribution in [3.63, 3.8) is 0 Å². The van der Waals surface area contributed by atoms with E-state index in [-0.39, 0.29) is 16.1 Å². The molecule has 100 valence electrons. The molecule has 0 spiro atoms. The van der Waals surface area contributed by atoms with Gasteiger partial charge in [0.05, 0.1) is 10.6 Å². The first-order valence-corrected chi connectivity index (χ1v) is 6.31. The summed E-state index contributed by atoms with van der Waals surface area (Å²) in [5.41, 5.74) is 0.978. The Morgan fingerprint density at radius 2 is 2.10 bits per heavy atom. The Hall–Kier alpha value is -2.12. The molecule has 2 aromatic rings. The predicted molar refractivity (Wildman–Crippen MR) is 69.6 cm³/mol. The molecular formula is C15H8ClF2NO. The Morgan fingerprint density at radius 3 is 2.85 bits per heavy atom. The van der Waals surface area contributed by atoms with Crippen molar-refractivity contribution < 1.29 is 13.5 Å². The van der Waals surface area contributed by atoms with Gasteiger partial charge in [-0.1, -0.05) is 23.7 Å². The van der Waals surface area contributed by atoms with E-state index < -0.39 is 17.7 Å². The molecule has 0 aliphatic carbocycles. The molecule has 2 nitrogen and oxygen atoms in total. The van der Waals surface area contributed by atoms with E-state index in [0.717, 1.165) is 5.56 Å². The van der Waals surface area contributed by atoms with E-state index in [4.69, 9.17) is 21.6 Å². The highest BCUT2D eigenvalue weighted by Crippen LogP contribution is 2.39. The van der Waals surface area contributed by atoms with Gasteiger partial charge >= 0.3 is 0 Å². The van der Waals surface area contributed by atoms with E-state index in [1.807, 2.05) is 0 Å². The Bertz CT molecular complexity index is 708. The molecule has 1 heterocycles. The molecule has 1 aliphatic rings. The lowest BCUT2D eigenvalue weighted by atomic mass is 10.0. The summed E-state index contributed by atoms with van der Waals surface area (Å²) in [6, 6.07) is 9.02. The zero-order valence-corrected chi connectivity index (χ0v) is 10.9. The summed E-state index contributed by atoms with van der Waals surface area (Å²) in [5, 5.41) is 8.85. The molecule has 0 saturated carbocycles. The van der Waals surface area contributed by atoms with Gasteiger partial charge in [-0.25, -0.2) is 8.78 Å². The Labute approximate surface area is 119 Å². The number of benzene rings is 2. The lowest BCUT2D eigenvalue weighted by Crippen LogP contribution is -2.06. The predicted octanol–water partition coefficient (Wildman–Crippen LogP) is 4.17. The third-order valence-electron chi connectivity index (χ3n) is 3.27. The summed E-state index contributed by atoms with van der Waals surface area (Å²) in [4.78, 5) is 0. The summed E-state index contributed by atoms with van der Waals surface area (Å²) < 4.78 is 33.0. The molecule has 20 heavy (non-hydrogen) atoms. The van der Waals surface area contributed by atoms with Crippen LogP contribution in [0.1, 0.15) is 22.8 Å². The summed E-state index contributed by atoms with van der Waals surface area (Å²) in [7, 11) is 0. The highest BCUT2D eigenvalue weighted by atomic mass is 35.5. The molecule has 0 saturated heterocycles. The van der Waals surface area contributed by atoms with E-state index in [0.29, 0.717) is 12.2 Å². The van der Waals surface area contributed by atoms with Gasteiger partial charge in [0.25, 0.3) is 0 Å². The van der Waals surface area contributed by atoms with Crippen molar-refractivity contribution in [2.45, 2.75) is 12.5 Å². The molecule has 0 amide bonds. The van der Waals surface area contributed by atoms with Crippen molar-refractivity contribution in [3.05, 3.63) is 63.7 Å². The van der Waals surface area contributed by atoms with Crippen LogP contribution in [0.15, 0.2) is 30.3 Å². The quantitative estimate of drug-likeness (QED) is 0.790. The Kier molecular flexibility index (Phi) is 3.07. The molecule has 0 N–H and O–H groups in total. The van der Waals surface area contributed by atoms with E-state index in [9.17, 15) is 8.78 Å². The van der Waals surface area contributed by atoms with Crippen molar-refractivity contribution >= 4 is 11.6 Å². The zero-order valence-electron chi connectivity index (χ0n) is 10.2. The van der Waals surface area contributed by atoms with Gasteiger partial charge in [0.15, 0.2) is 0 Å². The van der Waals surface area contributed by atoms with Gasteiger partial charge in [-0.15, -0.1) is 0 Å². The second-order valence-corrected chi connectivity index (χ2v) is 4.91. The highest BCUT2D eigenvalue weighted by Gasteiger charge is 2.28. The molecule has 1 atom stereocenters. The average Bonchev–Trinajstić information content (AvgIpc) is 2.82. The average molecular weight is 292 g/mol. The van der Waals surface area contributed by atoms with Gasteiger partial charge in [-0.2, -0.15) is 5.26 Å². The van der Waals surface area contributed by atoms with Gasteiger partial charge in [-0.05, 0) is 17.7 Å². The number of halogens is 3. The van der Waals surface area contributed by atoms with Gasteiger partial charge in [0.1, 0.15) is 29.6 Å². The van der Waals surface area contributed by atoms with Crippen molar-refractivity contribution in [2.75, 3.05) is 0 Å². The number of hydrogen-bond acceptors (Lipinski definition) is 2. The molecule has 0 fully saturated rings. The number of nitrogens with zero attached hydrogens (tertiary/aromatic N) is 1. The Morgan fingerprint density at radius 1 is 1.30 bits per heavy atom. The molecule has 5 heteroatoms. The van der Waals surface area contributed by atoms with Gasteiger partial charge < -0.3 is 4.74 Å². The van der Waals surface area contributed by atoms with Crippen LogP contribution in [-0.4, -0.2) is 0 Å². The third kappa shape index (κ3) is 2.00. The second-order valence-electron chi connectivity index (χ2n) is 4.51. The molecule has 3 rings (SSSR count). The fourth-order valence-electron chi connectivity index (χ4n) is 2.29. The standard InChI is InChI=1S/C15H8ClF2NO/c16-11-4-9-5-14(20-13(9)6-12(11)17)10-3-1-2-8(7-19)15(10)18/h1-4,6,14H,5H2. The maximum atomic E-state index is 14.1. The van der Waals surface area contributed by atoms with Gasteiger partial charge in [-0.3, -0.25) is 0 Å². The van der Waals surface area contributed by atoms with Crippen LogP contribution in [-0.2, 0) is 6.42 Å². The zero-order chi connectivity index (χ0) is 14.3. The Balaban J connectivity index is 1.99. The van der Waals surface area contributed by atoms with Gasteiger partial charge in [0, 0.05) is 18.1 Å². The first-order chi connectivity index (χ1) is 9.60. The minimum Gasteiger partial charge on any atom is -0.485 e. The lowest BCUT2D eigenvalue weighted by molar-refractivity contribution is 0.232. The number of rotatable bonds is 1. The van der Waals surface area contributed by atoms with E-state index in [2.05, 4.69) is 0 Å². The number of nitriles is 1. The van der Waals surface area contributed by atoms with E-state index in [1.54, 1.807) is 18.2 Å². The molecule has 1 aliphatic heterocycles. The second kappa shape index (κ2) is 4.77. The fourth-order valence-corrected chi connectivity index (χ4v) is 2.48. The maximum absolute atomic E-state index is 14.1. The normalized spacial score (nSPS) is 16.4. The topological polar surface area (TPSA) is 33.0 Å². The third-order valence-corrected chi connectivity index (χ3v) is 3.56. The summed E-state index contributed by atoms with van der Waals surface area (Å²) in [5.74, 6) is -0.810. The highest BCUT2D eigenvalue weighted by molar-refractivity contribution is 6.30. The van der Waals surface area contributed by atoms with Crippen molar-refractivity contribution in [2.24, 2.45) is 0 Å². The largest absolute Gasteiger partial charge is 0.485 e. The van der Waals surface area contributed by atoms with Crippen molar-refractivity contribution in [3.8, 4) is 11.8 Å². The molecular weight excluding hydrogens is 284 g/mol. The van der Waals surface area contributed by atoms with Crippen molar-refractivity contribution in [1.82, 2.24) is 0 Å². The van der Waals surface area contributed by atoms with E-state index >= 15 is 0 Å². The minimum absolute atomic E-state index is 0.0132. The molecule has 1 unspecified atom stereocenters. The molecule has 0 bridgehead atoms. The van der Waals surface area contributed by atoms with Crippen LogP contribution in [0.4, 0.5) is 8.78 Å². The maximum Gasteiger partial charge on any atom is 0.147 e. The van der Waals surface area contributed by atoms with Crippen LogP contribution in [0.3, 0.4) is 0 Å². The van der Waals surface area contributed by atoms with E-state index in [1.165, 1.54) is 18.2 Å². The molecule has 0 aromatic heterocycles. The molecule has 2 aromatic carbocycles. The first kappa shape index (κ1) is 12.9. The number of fused-ring (bicyclic) bond motifs is 1. The SMILES string of the molecule is N#Cc1cccc(C2Cc3cc(Cl)c(F)cc3O2)c1F. The van der Waals surface area contributed by atoms with Crippen LogP contribution in [0.5, 0.6) is 5.75 Å². The number of hydrogen-bond donors (Lipinski definition) is 0. The minimum atomic E-state index is -0.598. The molecule has 0 radical (unpaired) electrons. The smallest absolute Gasteiger partial charge is 0.147 e. The van der Waals surface area contributed by atoms with Gasteiger partial charge in [0.2, 0.25) is 0 Å². The summed E-state index contributed by atoms with van der Waals surface area (Å²) in [6.07, 6.45) is -0.183. The van der Waals surface area contributed by atoms with Crippen LogP contribution in [0.2, 0.25) is 5.02 Å². The monoisotopic (exact) mass is 291 g/mol. The van der Waals surface area contributed by atoms with Crippen LogP contribution < -0.4 is 4.74 Å². The first-order valence-electron chi connectivity index (χ1n) is 5.93. The summed E-state index contributed by atoms with van der Waals surface area (Å²) in [6.45, 7) is 0. The number of ether oxygens (including phenoxy) is 1. The van der Waals surface area contributed by atoms with Crippen LogP contribution in [0, 0.1) is 23.0 Å². The fraction of sp³-hybridized carbons (Fsp3) is 0.133. The van der Waals surface area contributed by atoms with Crippen LogP contribution in [0.25, 0.3) is 0 Å². The van der Waals surface area contributed by atoms with Crippen molar-refractivity contribution in [1.29, 1.82) is 5.26 Å². The van der Waals surface area contributed by atoms with Crippen LogP contribution >= 0.6 is 11.6 Å².